The van der Waals surface area contributed by atoms with Gasteiger partial charge in [0.25, 0.3) is 0 Å². The minimum absolute atomic E-state index is 0.0175. The Morgan fingerprint density at radius 2 is 1.64 bits per heavy atom. The van der Waals surface area contributed by atoms with Gasteiger partial charge in [0.2, 0.25) is 0 Å². The van der Waals surface area contributed by atoms with Crippen LogP contribution in [0.1, 0.15) is 47.1 Å². The molecule has 0 saturated carbocycles. The molecule has 0 radical (unpaired) electrons. The lowest BCUT2D eigenvalue weighted by molar-refractivity contribution is 0.102. The van der Waals surface area contributed by atoms with Crippen molar-refractivity contribution in [1.82, 2.24) is 4.90 Å². The van der Waals surface area contributed by atoms with Gasteiger partial charge in [0, 0.05) is 23.7 Å². The van der Waals surface area contributed by atoms with Gasteiger partial charge in [-0.05, 0) is 32.9 Å². The molecule has 2 rings (SSSR count). The van der Waals surface area contributed by atoms with E-state index in [-0.39, 0.29) is 28.7 Å². The summed E-state index contributed by atoms with van der Waals surface area (Å²) in [6.07, 6.45) is 0.126. The minimum Gasteiger partial charge on any atom is -0.409 e. The van der Waals surface area contributed by atoms with Gasteiger partial charge in [0.1, 0.15) is 5.75 Å². The molecular weight excluding hydrogens is 318 g/mol. The lowest BCUT2D eigenvalue weighted by Crippen LogP contribution is -2.38. The SMILES string of the molecule is CCN(C(=O)Oc1ccccc1C(=O)c1ccccc1C=O)C(C)C. The van der Waals surface area contributed by atoms with Gasteiger partial charge in [0.15, 0.2) is 12.1 Å². The van der Waals surface area contributed by atoms with Gasteiger partial charge in [-0.25, -0.2) is 4.79 Å². The highest BCUT2D eigenvalue weighted by Crippen LogP contribution is 2.23. The predicted octanol–water partition coefficient (Wildman–Crippen LogP) is 3.96. The highest BCUT2D eigenvalue weighted by molar-refractivity contribution is 6.14. The molecule has 0 atom stereocenters. The predicted molar refractivity (Wildman–Crippen MR) is 95.2 cm³/mol. The topological polar surface area (TPSA) is 63.7 Å². The molecule has 0 N–H and O–H groups in total. The summed E-state index contributed by atoms with van der Waals surface area (Å²) in [6, 6.07) is 13.0. The van der Waals surface area contributed by atoms with Crippen molar-refractivity contribution in [3.05, 3.63) is 65.2 Å². The van der Waals surface area contributed by atoms with Gasteiger partial charge in [-0.2, -0.15) is 0 Å². The van der Waals surface area contributed by atoms with Gasteiger partial charge in [-0.1, -0.05) is 36.4 Å². The number of carbonyl (C=O) groups is 3. The molecule has 0 aliphatic carbocycles. The zero-order valence-corrected chi connectivity index (χ0v) is 14.6. The summed E-state index contributed by atoms with van der Waals surface area (Å²) in [5.41, 5.74) is 0.813. The largest absolute Gasteiger partial charge is 0.415 e. The third-order valence-corrected chi connectivity index (χ3v) is 3.86. The van der Waals surface area contributed by atoms with Crippen molar-refractivity contribution < 1.29 is 19.1 Å². The summed E-state index contributed by atoms with van der Waals surface area (Å²) < 4.78 is 5.45. The number of ether oxygens (including phenoxy) is 1. The summed E-state index contributed by atoms with van der Waals surface area (Å²) in [7, 11) is 0. The number of hydrogen-bond acceptors (Lipinski definition) is 4. The fraction of sp³-hybridized carbons (Fsp3) is 0.250. The molecule has 0 fully saturated rings. The normalized spacial score (nSPS) is 10.4. The first-order chi connectivity index (χ1) is 12.0. The fourth-order valence-electron chi connectivity index (χ4n) is 2.55. The second-order valence-corrected chi connectivity index (χ2v) is 5.78. The van der Waals surface area contributed by atoms with Crippen molar-refractivity contribution in [2.24, 2.45) is 0 Å². The monoisotopic (exact) mass is 339 g/mol. The molecule has 130 valence electrons. The minimum atomic E-state index is -0.513. The zero-order valence-electron chi connectivity index (χ0n) is 14.6. The molecule has 2 aromatic rings. The highest BCUT2D eigenvalue weighted by Gasteiger charge is 2.22. The maximum atomic E-state index is 12.8. The highest BCUT2D eigenvalue weighted by atomic mass is 16.6. The summed E-state index contributed by atoms with van der Waals surface area (Å²) >= 11 is 0. The average Bonchev–Trinajstić information content (AvgIpc) is 2.61. The molecular formula is C20H21NO4. The van der Waals surface area contributed by atoms with E-state index in [9.17, 15) is 14.4 Å². The second-order valence-electron chi connectivity index (χ2n) is 5.78. The van der Waals surface area contributed by atoms with Crippen molar-refractivity contribution in [3.8, 4) is 5.75 Å². The number of carbonyl (C=O) groups excluding carboxylic acids is 3. The van der Waals surface area contributed by atoms with Crippen LogP contribution in [0.4, 0.5) is 4.79 Å². The van der Waals surface area contributed by atoms with Gasteiger partial charge >= 0.3 is 6.09 Å². The summed E-state index contributed by atoms with van der Waals surface area (Å²) in [5.74, 6) is -0.184. The van der Waals surface area contributed by atoms with Crippen molar-refractivity contribution in [3.63, 3.8) is 0 Å². The molecule has 0 unspecified atom stereocenters. The van der Waals surface area contributed by atoms with Crippen LogP contribution in [-0.4, -0.2) is 35.6 Å². The number of amides is 1. The van der Waals surface area contributed by atoms with E-state index >= 15 is 0 Å². The summed E-state index contributed by atoms with van der Waals surface area (Å²) in [5, 5.41) is 0. The van der Waals surface area contributed by atoms with Crippen LogP contribution in [0.2, 0.25) is 0 Å². The Labute approximate surface area is 147 Å². The van der Waals surface area contributed by atoms with Crippen molar-refractivity contribution in [1.29, 1.82) is 0 Å². The van der Waals surface area contributed by atoms with E-state index < -0.39 is 6.09 Å². The smallest absolute Gasteiger partial charge is 0.409 e. The van der Waals surface area contributed by atoms with E-state index in [0.29, 0.717) is 18.4 Å². The van der Waals surface area contributed by atoms with Crippen LogP contribution in [0.25, 0.3) is 0 Å². The molecule has 5 heteroatoms. The molecule has 0 aliphatic rings. The summed E-state index contributed by atoms with van der Waals surface area (Å²) in [6.45, 7) is 6.14. The third kappa shape index (κ3) is 4.12. The molecule has 0 spiro atoms. The Morgan fingerprint density at radius 3 is 2.24 bits per heavy atom. The molecule has 1 amide bonds. The van der Waals surface area contributed by atoms with E-state index in [2.05, 4.69) is 0 Å². The molecule has 0 aromatic heterocycles. The number of rotatable bonds is 6. The molecule has 0 aliphatic heterocycles. The molecule has 5 nitrogen and oxygen atoms in total. The first kappa shape index (κ1) is 18.4. The van der Waals surface area contributed by atoms with Gasteiger partial charge in [-0.15, -0.1) is 0 Å². The maximum absolute atomic E-state index is 12.8. The van der Waals surface area contributed by atoms with Crippen LogP contribution in [0.3, 0.4) is 0 Å². The second kappa shape index (κ2) is 8.24. The molecule has 0 heterocycles. The summed E-state index contributed by atoms with van der Waals surface area (Å²) in [4.78, 5) is 37.9. The fourth-order valence-corrected chi connectivity index (χ4v) is 2.55. The van der Waals surface area contributed by atoms with E-state index in [4.69, 9.17) is 4.74 Å². The average molecular weight is 339 g/mol. The Balaban J connectivity index is 2.36. The lowest BCUT2D eigenvalue weighted by atomic mass is 9.98. The van der Waals surface area contributed by atoms with Crippen LogP contribution < -0.4 is 4.74 Å². The quantitative estimate of drug-likeness (QED) is 0.590. The van der Waals surface area contributed by atoms with E-state index in [1.165, 1.54) is 0 Å². The van der Waals surface area contributed by atoms with E-state index in [1.54, 1.807) is 53.4 Å². The Kier molecular flexibility index (Phi) is 6.06. The van der Waals surface area contributed by atoms with Crippen LogP contribution in [0, 0.1) is 0 Å². The standard InChI is InChI=1S/C20H21NO4/c1-4-21(14(2)3)20(24)25-18-12-8-7-11-17(18)19(23)16-10-6-5-9-15(16)13-22/h5-14H,4H2,1-3H3. The third-order valence-electron chi connectivity index (χ3n) is 3.86. The maximum Gasteiger partial charge on any atom is 0.415 e. The number of aldehydes is 1. The van der Waals surface area contributed by atoms with Gasteiger partial charge in [-0.3, -0.25) is 9.59 Å². The van der Waals surface area contributed by atoms with Crippen LogP contribution in [0.15, 0.2) is 48.5 Å². The number of hydrogen-bond donors (Lipinski definition) is 0. The molecule has 0 bridgehead atoms. The first-order valence-corrected chi connectivity index (χ1v) is 8.16. The molecule has 25 heavy (non-hydrogen) atoms. The van der Waals surface area contributed by atoms with Crippen LogP contribution in [-0.2, 0) is 0 Å². The molecule has 0 saturated heterocycles. The molecule has 2 aromatic carbocycles. The van der Waals surface area contributed by atoms with E-state index in [1.807, 2.05) is 20.8 Å². The number of nitrogens with zero attached hydrogens (tertiary/aromatic N) is 1. The number of para-hydroxylation sites is 1. The van der Waals surface area contributed by atoms with Gasteiger partial charge < -0.3 is 9.64 Å². The van der Waals surface area contributed by atoms with Gasteiger partial charge in [0.05, 0.1) is 5.56 Å². The van der Waals surface area contributed by atoms with Crippen molar-refractivity contribution >= 4 is 18.2 Å². The van der Waals surface area contributed by atoms with Crippen molar-refractivity contribution in [2.75, 3.05) is 6.54 Å². The van der Waals surface area contributed by atoms with Crippen molar-refractivity contribution in [2.45, 2.75) is 26.8 Å². The Bertz CT molecular complexity index is 783. The first-order valence-electron chi connectivity index (χ1n) is 8.16. The number of benzene rings is 2. The lowest BCUT2D eigenvalue weighted by Gasteiger charge is -2.24. The Morgan fingerprint density at radius 1 is 1.04 bits per heavy atom. The van der Waals surface area contributed by atoms with Crippen LogP contribution >= 0.6 is 0 Å². The van der Waals surface area contributed by atoms with E-state index in [0.717, 1.165) is 0 Å². The zero-order chi connectivity index (χ0) is 18.4. The number of ketones is 1. The Hall–Kier alpha value is -2.95. The van der Waals surface area contributed by atoms with Crippen LogP contribution in [0.5, 0.6) is 5.75 Å².